The quantitative estimate of drug-likeness (QED) is 0.788. The number of benzene rings is 2. The molecule has 0 aliphatic rings. The van der Waals surface area contributed by atoms with E-state index in [1.807, 2.05) is 37.3 Å². The Morgan fingerprint density at radius 2 is 1.86 bits per heavy atom. The molecule has 0 radical (unpaired) electrons. The number of carbonyl (C=O) groups is 1. The Morgan fingerprint density at radius 3 is 2.48 bits per heavy atom. The molecule has 2 rings (SSSR count). The van der Waals surface area contributed by atoms with Crippen molar-refractivity contribution in [2.45, 2.75) is 13.3 Å². The van der Waals surface area contributed by atoms with E-state index in [4.69, 9.17) is 0 Å². The standard InChI is InChI=1S/C17H17BrFNO/c1-2-20(12-11-13-7-4-3-5-8-13)17(21)16-14(18)9-6-10-15(16)19/h3-10H,2,11-12H2,1H3. The van der Waals surface area contributed by atoms with Gasteiger partial charge in [-0.05, 0) is 47.0 Å². The maximum atomic E-state index is 13.9. The number of hydrogen-bond acceptors (Lipinski definition) is 1. The van der Waals surface area contributed by atoms with Gasteiger partial charge in [0.1, 0.15) is 5.82 Å². The molecule has 0 saturated carbocycles. The summed E-state index contributed by atoms with van der Waals surface area (Å²) in [5.74, 6) is -0.772. The van der Waals surface area contributed by atoms with Gasteiger partial charge in [-0.15, -0.1) is 0 Å². The molecule has 0 spiro atoms. The molecule has 110 valence electrons. The van der Waals surface area contributed by atoms with E-state index in [0.29, 0.717) is 17.6 Å². The van der Waals surface area contributed by atoms with Gasteiger partial charge in [0.05, 0.1) is 5.56 Å². The molecule has 0 N–H and O–H groups in total. The van der Waals surface area contributed by atoms with E-state index in [-0.39, 0.29) is 11.5 Å². The second-order valence-electron chi connectivity index (χ2n) is 4.72. The van der Waals surface area contributed by atoms with E-state index in [9.17, 15) is 9.18 Å². The van der Waals surface area contributed by atoms with Gasteiger partial charge >= 0.3 is 0 Å². The zero-order valence-corrected chi connectivity index (χ0v) is 13.4. The molecule has 0 unspecified atom stereocenters. The fourth-order valence-electron chi connectivity index (χ4n) is 2.17. The normalized spacial score (nSPS) is 10.4. The Kier molecular flexibility index (Phi) is 5.51. The molecular formula is C17H17BrFNO. The number of amides is 1. The molecule has 2 aromatic rings. The van der Waals surface area contributed by atoms with E-state index in [2.05, 4.69) is 15.9 Å². The molecule has 4 heteroatoms. The molecule has 0 atom stereocenters. The average molecular weight is 350 g/mol. The number of likely N-dealkylation sites (N-methyl/N-ethyl adjacent to an activating group) is 1. The van der Waals surface area contributed by atoms with Crippen LogP contribution >= 0.6 is 15.9 Å². The first-order chi connectivity index (χ1) is 10.1. The fourth-order valence-corrected chi connectivity index (χ4v) is 2.68. The molecule has 0 saturated heterocycles. The second-order valence-corrected chi connectivity index (χ2v) is 5.57. The maximum Gasteiger partial charge on any atom is 0.257 e. The lowest BCUT2D eigenvalue weighted by molar-refractivity contribution is 0.0760. The van der Waals surface area contributed by atoms with Crippen LogP contribution in [0.5, 0.6) is 0 Å². The first kappa shape index (κ1) is 15.7. The average Bonchev–Trinajstić information content (AvgIpc) is 2.49. The number of hydrogen-bond donors (Lipinski definition) is 0. The second kappa shape index (κ2) is 7.36. The molecule has 0 bridgehead atoms. The van der Waals surface area contributed by atoms with E-state index < -0.39 is 5.82 Å². The van der Waals surface area contributed by atoms with Crippen LogP contribution in [0.3, 0.4) is 0 Å². The van der Waals surface area contributed by atoms with Crippen molar-refractivity contribution in [1.82, 2.24) is 4.90 Å². The van der Waals surface area contributed by atoms with E-state index in [0.717, 1.165) is 12.0 Å². The summed E-state index contributed by atoms with van der Waals surface area (Å²) in [6.07, 6.45) is 0.756. The Bertz CT molecular complexity index is 595. The van der Waals surface area contributed by atoms with Gasteiger partial charge in [0.2, 0.25) is 0 Å². The lowest BCUT2D eigenvalue weighted by Crippen LogP contribution is -2.33. The first-order valence-corrected chi connectivity index (χ1v) is 7.70. The van der Waals surface area contributed by atoms with Gasteiger partial charge in [0.25, 0.3) is 5.91 Å². The third-order valence-electron chi connectivity index (χ3n) is 3.36. The third kappa shape index (κ3) is 3.91. The van der Waals surface area contributed by atoms with Crippen LogP contribution in [-0.2, 0) is 6.42 Å². The SMILES string of the molecule is CCN(CCc1ccccc1)C(=O)c1c(F)cccc1Br. The van der Waals surface area contributed by atoms with E-state index in [1.54, 1.807) is 17.0 Å². The minimum absolute atomic E-state index is 0.104. The van der Waals surface area contributed by atoms with Gasteiger partial charge in [-0.25, -0.2) is 4.39 Å². The van der Waals surface area contributed by atoms with E-state index in [1.165, 1.54) is 6.07 Å². The Hall–Kier alpha value is -1.68. The van der Waals surface area contributed by atoms with Gasteiger partial charge in [-0.2, -0.15) is 0 Å². The highest BCUT2D eigenvalue weighted by Gasteiger charge is 2.20. The lowest BCUT2D eigenvalue weighted by Gasteiger charge is -2.22. The van der Waals surface area contributed by atoms with Crippen LogP contribution < -0.4 is 0 Å². The van der Waals surface area contributed by atoms with Crippen molar-refractivity contribution < 1.29 is 9.18 Å². The van der Waals surface area contributed by atoms with Crippen molar-refractivity contribution in [2.24, 2.45) is 0 Å². The number of nitrogens with zero attached hydrogens (tertiary/aromatic N) is 1. The van der Waals surface area contributed by atoms with Crippen molar-refractivity contribution in [3.8, 4) is 0 Å². The summed E-state index contributed by atoms with van der Waals surface area (Å²) in [6.45, 7) is 3.02. The third-order valence-corrected chi connectivity index (χ3v) is 4.02. The van der Waals surface area contributed by atoms with Gasteiger partial charge < -0.3 is 4.90 Å². The summed E-state index contributed by atoms with van der Waals surface area (Å²) in [7, 11) is 0. The van der Waals surface area contributed by atoms with Crippen molar-refractivity contribution in [3.05, 3.63) is 69.9 Å². The monoisotopic (exact) mass is 349 g/mol. The number of halogens is 2. The van der Waals surface area contributed by atoms with Gasteiger partial charge in [0, 0.05) is 17.6 Å². The molecule has 21 heavy (non-hydrogen) atoms. The summed E-state index contributed by atoms with van der Waals surface area (Å²) in [6, 6.07) is 14.5. The van der Waals surface area contributed by atoms with Crippen LogP contribution in [0, 0.1) is 5.82 Å². The smallest absolute Gasteiger partial charge is 0.257 e. The van der Waals surface area contributed by atoms with Crippen LogP contribution in [0.4, 0.5) is 4.39 Å². The van der Waals surface area contributed by atoms with E-state index >= 15 is 0 Å². The number of rotatable bonds is 5. The maximum absolute atomic E-state index is 13.9. The van der Waals surface area contributed by atoms with Crippen molar-refractivity contribution in [1.29, 1.82) is 0 Å². The number of carbonyl (C=O) groups excluding carboxylic acids is 1. The Morgan fingerprint density at radius 1 is 1.14 bits per heavy atom. The Labute approximate surface area is 132 Å². The van der Waals surface area contributed by atoms with Crippen LogP contribution in [0.15, 0.2) is 53.0 Å². The van der Waals surface area contributed by atoms with Gasteiger partial charge in [0.15, 0.2) is 0 Å². The Balaban J connectivity index is 2.12. The van der Waals surface area contributed by atoms with Crippen LogP contribution in [0.25, 0.3) is 0 Å². The van der Waals surface area contributed by atoms with Crippen LogP contribution in [-0.4, -0.2) is 23.9 Å². The predicted molar refractivity (Wildman–Crippen MR) is 85.8 cm³/mol. The minimum atomic E-state index is -0.493. The largest absolute Gasteiger partial charge is 0.338 e. The van der Waals surface area contributed by atoms with Crippen LogP contribution in [0.1, 0.15) is 22.8 Å². The van der Waals surface area contributed by atoms with Crippen molar-refractivity contribution in [2.75, 3.05) is 13.1 Å². The minimum Gasteiger partial charge on any atom is -0.338 e. The topological polar surface area (TPSA) is 20.3 Å². The van der Waals surface area contributed by atoms with Crippen molar-refractivity contribution >= 4 is 21.8 Å². The highest BCUT2D eigenvalue weighted by atomic mass is 79.9. The molecule has 0 fully saturated rings. The molecule has 0 heterocycles. The first-order valence-electron chi connectivity index (χ1n) is 6.90. The molecule has 0 aliphatic carbocycles. The molecular weight excluding hydrogens is 333 g/mol. The van der Waals surface area contributed by atoms with Gasteiger partial charge in [-0.1, -0.05) is 36.4 Å². The van der Waals surface area contributed by atoms with Crippen molar-refractivity contribution in [3.63, 3.8) is 0 Å². The molecule has 0 aromatic heterocycles. The summed E-state index contributed by atoms with van der Waals surface area (Å²) in [5.41, 5.74) is 1.27. The molecule has 1 amide bonds. The zero-order valence-electron chi connectivity index (χ0n) is 11.9. The lowest BCUT2D eigenvalue weighted by atomic mass is 10.1. The predicted octanol–water partition coefficient (Wildman–Crippen LogP) is 4.29. The van der Waals surface area contributed by atoms with Gasteiger partial charge in [-0.3, -0.25) is 4.79 Å². The summed E-state index contributed by atoms with van der Waals surface area (Å²) >= 11 is 3.25. The fraction of sp³-hybridized carbons (Fsp3) is 0.235. The highest BCUT2D eigenvalue weighted by Crippen LogP contribution is 2.21. The molecule has 2 nitrogen and oxygen atoms in total. The summed E-state index contributed by atoms with van der Waals surface area (Å²) < 4.78 is 14.4. The summed E-state index contributed by atoms with van der Waals surface area (Å²) in [5, 5.41) is 0. The molecule has 0 aliphatic heterocycles. The zero-order chi connectivity index (χ0) is 15.2. The summed E-state index contributed by atoms with van der Waals surface area (Å²) in [4.78, 5) is 14.2. The van der Waals surface area contributed by atoms with Crippen LogP contribution in [0.2, 0.25) is 0 Å². The molecule has 2 aromatic carbocycles. The highest BCUT2D eigenvalue weighted by molar-refractivity contribution is 9.10.